The minimum Gasteiger partial charge on any atom is -0.449 e. The molecule has 8 heteroatoms. The second kappa shape index (κ2) is 14.2. The van der Waals surface area contributed by atoms with Gasteiger partial charge in [0.2, 0.25) is 5.12 Å². The summed E-state index contributed by atoms with van der Waals surface area (Å²) in [5.74, 6) is 0.455. The Kier molecular flexibility index (Phi) is 10.5. The van der Waals surface area contributed by atoms with Crippen molar-refractivity contribution in [2.24, 2.45) is 0 Å². The fourth-order valence-corrected chi connectivity index (χ4v) is 5.72. The van der Waals surface area contributed by atoms with Crippen LogP contribution in [-0.2, 0) is 20.0 Å². The quantitative estimate of drug-likeness (QED) is 0.238. The monoisotopic (exact) mass is 574 g/mol. The molecule has 3 aromatic rings. The highest BCUT2D eigenvalue weighted by Crippen LogP contribution is 2.44. The number of carbonyl (C=O) groups is 3. The molecule has 7 nitrogen and oxygen atoms in total. The molecule has 1 aliphatic carbocycles. The fraction of sp³-hybridized carbons (Fsp3) is 0.364. The van der Waals surface area contributed by atoms with Gasteiger partial charge in [-0.2, -0.15) is 0 Å². The summed E-state index contributed by atoms with van der Waals surface area (Å²) in [6.07, 6.45) is 0.610. The lowest BCUT2D eigenvalue weighted by atomic mass is 9.98. The Morgan fingerprint density at radius 2 is 1.44 bits per heavy atom. The summed E-state index contributed by atoms with van der Waals surface area (Å²) < 4.78 is 11.0. The van der Waals surface area contributed by atoms with E-state index in [0.717, 1.165) is 27.8 Å². The lowest BCUT2D eigenvalue weighted by molar-refractivity contribution is -0.112. The number of hydrogen-bond acceptors (Lipinski definition) is 6. The molecule has 2 N–H and O–H groups in total. The summed E-state index contributed by atoms with van der Waals surface area (Å²) in [6.45, 7) is 6.02. The summed E-state index contributed by atoms with van der Waals surface area (Å²) in [5.41, 5.74) is 5.04. The third-order valence-electron chi connectivity index (χ3n) is 6.73. The van der Waals surface area contributed by atoms with Gasteiger partial charge in [-0.3, -0.25) is 4.79 Å². The van der Waals surface area contributed by atoms with Crippen molar-refractivity contribution in [2.45, 2.75) is 63.3 Å². The van der Waals surface area contributed by atoms with Gasteiger partial charge >= 0.3 is 12.2 Å². The molecule has 0 fully saturated rings. The first-order valence-electron chi connectivity index (χ1n) is 14.0. The summed E-state index contributed by atoms with van der Waals surface area (Å²) in [5, 5.41) is 5.42. The normalized spacial score (nSPS) is 13.0. The first kappa shape index (κ1) is 30.2. The SMILES string of the molecule is CC(C)(C)OC(=O)NCCCC[C@H](NC(=O)OCC1c2ccccc2-c2ccccc21)C(=O)SCc1ccccc1. The molecule has 0 spiro atoms. The molecule has 3 aromatic carbocycles. The van der Waals surface area contributed by atoms with Gasteiger partial charge in [-0.05, 0) is 67.9 Å². The molecular weight excluding hydrogens is 536 g/mol. The zero-order valence-corrected chi connectivity index (χ0v) is 24.7. The second-order valence-corrected chi connectivity index (χ2v) is 12.0. The summed E-state index contributed by atoms with van der Waals surface area (Å²) in [4.78, 5) is 38.0. The molecule has 2 amide bonds. The summed E-state index contributed by atoms with van der Waals surface area (Å²) in [6, 6.07) is 25.4. The number of nitrogens with one attached hydrogen (secondary N) is 2. The predicted octanol–water partition coefficient (Wildman–Crippen LogP) is 7.05. The Balaban J connectivity index is 1.32. The van der Waals surface area contributed by atoms with Crippen LogP contribution < -0.4 is 10.6 Å². The van der Waals surface area contributed by atoms with E-state index in [1.54, 1.807) is 0 Å². The van der Waals surface area contributed by atoms with E-state index in [4.69, 9.17) is 9.47 Å². The summed E-state index contributed by atoms with van der Waals surface area (Å²) in [7, 11) is 0. The number of thioether (sulfide) groups is 1. The molecule has 0 saturated heterocycles. The lowest BCUT2D eigenvalue weighted by Gasteiger charge is -2.20. The third kappa shape index (κ3) is 8.85. The van der Waals surface area contributed by atoms with Gasteiger partial charge in [-0.15, -0.1) is 0 Å². The average molecular weight is 575 g/mol. The van der Waals surface area contributed by atoms with Crippen molar-refractivity contribution < 1.29 is 23.9 Å². The Morgan fingerprint density at radius 1 is 0.829 bits per heavy atom. The van der Waals surface area contributed by atoms with Gasteiger partial charge in [0.15, 0.2) is 0 Å². The number of hydrogen-bond donors (Lipinski definition) is 2. The molecule has 1 atom stereocenters. The summed E-state index contributed by atoms with van der Waals surface area (Å²) >= 11 is 1.18. The molecule has 216 valence electrons. The van der Waals surface area contributed by atoms with E-state index in [2.05, 4.69) is 34.9 Å². The Morgan fingerprint density at radius 3 is 2.07 bits per heavy atom. The second-order valence-electron chi connectivity index (χ2n) is 11.0. The molecular formula is C33H38N2O5S. The van der Waals surface area contributed by atoms with E-state index in [9.17, 15) is 14.4 Å². The smallest absolute Gasteiger partial charge is 0.407 e. The maximum atomic E-state index is 13.2. The molecule has 4 rings (SSSR count). The zero-order valence-electron chi connectivity index (χ0n) is 23.9. The maximum Gasteiger partial charge on any atom is 0.407 e. The Hall–Kier alpha value is -3.78. The van der Waals surface area contributed by atoms with E-state index in [0.29, 0.717) is 31.6 Å². The highest BCUT2D eigenvalue weighted by atomic mass is 32.2. The predicted molar refractivity (Wildman–Crippen MR) is 163 cm³/mol. The molecule has 0 bridgehead atoms. The molecule has 0 heterocycles. The molecule has 0 aliphatic heterocycles. The van der Waals surface area contributed by atoms with Crippen LogP contribution in [0.1, 0.15) is 62.6 Å². The van der Waals surface area contributed by atoms with Gasteiger partial charge in [-0.25, -0.2) is 9.59 Å². The van der Waals surface area contributed by atoms with Crippen molar-refractivity contribution in [3.8, 4) is 11.1 Å². The van der Waals surface area contributed by atoms with Gasteiger partial charge < -0.3 is 20.1 Å². The van der Waals surface area contributed by atoms with Gasteiger partial charge in [0.25, 0.3) is 0 Å². The van der Waals surface area contributed by atoms with Crippen molar-refractivity contribution >= 4 is 29.1 Å². The lowest BCUT2D eigenvalue weighted by Crippen LogP contribution is -2.40. The molecule has 1 aliphatic rings. The van der Waals surface area contributed by atoms with E-state index < -0.39 is 23.8 Å². The van der Waals surface area contributed by atoms with Crippen LogP contribution in [0, 0.1) is 0 Å². The molecule has 0 saturated carbocycles. The Labute approximate surface area is 246 Å². The van der Waals surface area contributed by atoms with Crippen molar-refractivity contribution in [3.05, 3.63) is 95.6 Å². The van der Waals surface area contributed by atoms with Crippen LogP contribution in [0.15, 0.2) is 78.9 Å². The van der Waals surface area contributed by atoms with Crippen LogP contribution in [0.5, 0.6) is 0 Å². The van der Waals surface area contributed by atoms with Crippen LogP contribution in [0.2, 0.25) is 0 Å². The molecule has 41 heavy (non-hydrogen) atoms. The van der Waals surface area contributed by atoms with Crippen molar-refractivity contribution in [1.82, 2.24) is 10.6 Å². The van der Waals surface area contributed by atoms with Crippen LogP contribution in [-0.4, -0.2) is 42.1 Å². The van der Waals surface area contributed by atoms with Gasteiger partial charge in [0.05, 0.1) is 0 Å². The molecule has 0 unspecified atom stereocenters. The molecule has 0 radical (unpaired) electrons. The van der Waals surface area contributed by atoms with Gasteiger partial charge in [0.1, 0.15) is 18.2 Å². The molecule has 0 aromatic heterocycles. The standard InChI is InChI=1S/C33H38N2O5S/c1-33(2,3)40-31(37)34-20-12-11-19-29(30(36)41-22-23-13-5-4-6-14-23)35-32(38)39-21-28-26-17-9-7-15-24(26)25-16-8-10-18-27(25)28/h4-10,13-18,28-29H,11-12,19-22H2,1-3H3,(H,34,37)(H,35,38)/t29-/m0/s1. The van der Waals surface area contributed by atoms with Crippen molar-refractivity contribution in [2.75, 3.05) is 13.2 Å². The largest absolute Gasteiger partial charge is 0.449 e. The van der Waals surface area contributed by atoms with Crippen LogP contribution in [0.3, 0.4) is 0 Å². The van der Waals surface area contributed by atoms with Crippen molar-refractivity contribution in [3.63, 3.8) is 0 Å². The number of rotatable bonds is 11. The van der Waals surface area contributed by atoms with E-state index in [-0.39, 0.29) is 17.6 Å². The maximum absolute atomic E-state index is 13.2. The highest BCUT2D eigenvalue weighted by Gasteiger charge is 2.30. The zero-order chi connectivity index (χ0) is 29.2. The topological polar surface area (TPSA) is 93.7 Å². The van der Waals surface area contributed by atoms with E-state index >= 15 is 0 Å². The van der Waals surface area contributed by atoms with Crippen LogP contribution in [0.4, 0.5) is 9.59 Å². The van der Waals surface area contributed by atoms with Gasteiger partial charge in [-0.1, -0.05) is 90.6 Å². The van der Waals surface area contributed by atoms with E-state index in [1.807, 2.05) is 75.4 Å². The number of benzene rings is 3. The first-order valence-corrected chi connectivity index (χ1v) is 15.0. The van der Waals surface area contributed by atoms with Crippen LogP contribution in [0.25, 0.3) is 11.1 Å². The number of amides is 2. The van der Waals surface area contributed by atoms with Crippen LogP contribution >= 0.6 is 11.8 Å². The van der Waals surface area contributed by atoms with E-state index in [1.165, 1.54) is 11.8 Å². The number of alkyl carbamates (subject to hydrolysis) is 2. The first-order chi connectivity index (χ1) is 19.7. The average Bonchev–Trinajstić information content (AvgIpc) is 3.27. The highest BCUT2D eigenvalue weighted by molar-refractivity contribution is 8.13. The minimum absolute atomic E-state index is 0.0614. The number of fused-ring (bicyclic) bond motifs is 3. The fourth-order valence-electron chi connectivity index (χ4n) is 4.84. The third-order valence-corrected chi connectivity index (χ3v) is 7.78. The number of unbranched alkanes of at least 4 members (excludes halogenated alkanes) is 1. The van der Waals surface area contributed by atoms with Crippen molar-refractivity contribution in [1.29, 1.82) is 0 Å². The Bertz CT molecular complexity index is 1290. The minimum atomic E-state index is -0.708. The van der Waals surface area contributed by atoms with Gasteiger partial charge in [0, 0.05) is 18.2 Å². The number of ether oxygens (including phenoxy) is 2. The number of carbonyl (C=O) groups excluding carboxylic acids is 3.